The summed E-state index contributed by atoms with van der Waals surface area (Å²) in [5.74, 6) is 0.518. The van der Waals surface area contributed by atoms with Gasteiger partial charge in [0, 0.05) is 29.2 Å². The molecule has 2 aliphatic rings. The van der Waals surface area contributed by atoms with Gasteiger partial charge in [-0.05, 0) is 53.5 Å². The molecular weight excluding hydrogens is 590 g/mol. The number of fused-ring (bicyclic) bond motifs is 2. The molecule has 1 aliphatic carbocycles. The number of aliphatic carboxylic acids is 2. The van der Waals surface area contributed by atoms with Gasteiger partial charge in [0.25, 0.3) is 0 Å². The van der Waals surface area contributed by atoms with Crippen LogP contribution in [-0.4, -0.2) is 28.1 Å². The number of para-hydroxylation sites is 2. The first-order chi connectivity index (χ1) is 22.5. The summed E-state index contributed by atoms with van der Waals surface area (Å²) in [6.45, 7) is 6.65. The van der Waals surface area contributed by atoms with Gasteiger partial charge in [-0.2, -0.15) is 0 Å². The fourth-order valence-electron chi connectivity index (χ4n) is 6.75. The largest absolute Gasteiger partial charge is 0.481 e. The Kier molecular flexibility index (Phi) is 13.0. The Labute approximate surface area is 279 Å². The van der Waals surface area contributed by atoms with Crippen molar-refractivity contribution >= 4 is 23.5 Å². The minimum Gasteiger partial charge on any atom is -0.481 e. The van der Waals surface area contributed by atoms with Gasteiger partial charge in [0.05, 0.1) is 12.8 Å². The molecule has 0 bridgehead atoms. The molecule has 7 heteroatoms. The molecule has 0 unspecified atom stereocenters. The predicted molar refractivity (Wildman–Crippen MR) is 186 cm³/mol. The van der Waals surface area contributed by atoms with E-state index in [2.05, 4.69) is 56.4 Å². The summed E-state index contributed by atoms with van der Waals surface area (Å²) >= 11 is 0. The smallest absolute Gasteiger partial charge is 0.303 e. The van der Waals surface area contributed by atoms with Crippen molar-refractivity contribution in [2.24, 2.45) is 5.92 Å². The highest BCUT2D eigenvalue weighted by atomic mass is 16.5. The van der Waals surface area contributed by atoms with Crippen LogP contribution in [0.25, 0.3) is 0 Å². The third kappa shape index (κ3) is 11.0. The maximum absolute atomic E-state index is 13.6. The van der Waals surface area contributed by atoms with E-state index in [0.29, 0.717) is 6.42 Å². The zero-order valence-corrected chi connectivity index (χ0v) is 28.2. The summed E-state index contributed by atoms with van der Waals surface area (Å²) in [6, 6.07) is 22.9. The van der Waals surface area contributed by atoms with Crippen molar-refractivity contribution in [3.05, 3.63) is 89.0 Å². The lowest BCUT2D eigenvalue weighted by molar-refractivity contribution is -0.143. The lowest BCUT2D eigenvalue weighted by Crippen LogP contribution is -2.22. The number of ether oxygens (including phenoxy) is 1. The number of benzene rings is 3. The molecular formula is C40H51NO6. The summed E-state index contributed by atoms with van der Waals surface area (Å²) in [6.07, 6.45) is 13.3. The lowest BCUT2D eigenvalue weighted by atomic mass is 9.84. The summed E-state index contributed by atoms with van der Waals surface area (Å²) in [5.41, 5.74) is 5.55. The number of rotatable bonds is 12. The van der Waals surface area contributed by atoms with Gasteiger partial charge in [-0.3, -0.25) is 14.4 Å². The highest BCUT2D eigenvalue weighted by Gasteiger charge is 2.29. The van der Waals surface area contributed by atoms with Gasteiger partial charge in [0.15, 0.2) is 0 Å². The molecule has 7 nitrogen and oxygen atoms in total. The maximum Gasteiger partial charge on any atom is 0.303 e. The van der Waals surface area contributed by atoms with E-state index in [1.807, 2.05) is 36.4 Å². The third-order valence-electron chi connectivity index (χ3n) is 9.22. The van der Waals surface area contributed by atoms with E-state index in [9.17, 15) is 14.4 Å². The molecule has 3 N–H and O–H groups in total. The molecule has 1 amide bonds. The number of nitrogens with one attached hydrogen (secondary N) is 1. The fraction of sp³-hybridized carbons (Fsp3) is 0.475. The zero-order valence-electron chi connectivity index (χ0n) is 28.2. The number of carboxylic acid groups (broad SMARTS) is 2. The molecule has 1 heterocycles. The van der Waals surface area contributed by atoms with Gasteiger partial charge in [-0.25, -0.2) is 0 Å². The first kappa shape index (κ1) is 35.7. The minimum absolute atomic E-state index is 0.0309. The van der Waals surface area contributed by atoms with Crippen LogP contribution in [0, 0.1) is 5.92 Å². The van der Waals surface area contributed by atoms with Crippen molar-refractivity contribution in [1.29, 1.82) is 0 Å². The molecule has 1 aliphatic heterocycles. The van der Waals surface area contributed by atoms with Gasteiger partial charge in [0.1, 0.15) is 11.5 Å². The summed E-state index contributed by atoms with van der Waals surface area (Å²) in [5, 5.41) is 19.1. The molecule has 0 saturated heterocycles. The first-order valence-electron chi connectivity index (χ1n) is 17.2. The normalized spacial score (nSPS) is 14.5. The van der Waals surface area contributed by atoms with Crippen LogP contribution in [0.15, 0.2) is 66.7 Å². The van der Waals surface area contributed by atoms with E-state index in [-0.39, 0.29) is 30.1 Å². The number of hydrogen-bond acceptors (Lipinski definition) is 4. The van der Waals surface area contributed by atoms with E-state index >= 15 is 0 Å². The van der Waals surface area contributed by atoms with Crippen molar-refractivity contribution in [1.82, 2.24) is 0 Å². The Morgan fingerprint density at radius 2 is 1.38 bits per heavy atom. The fourth-order valence-corrected chi connectivity index (χ4v) is 6.75. The average molecular weight is 642 g/mol. The molecule has 0 radical (unpaired) electrons. The SMILES string of the molecule is CC(C)(C)c1ccc(CCCCCC2CCCCC2)cc1NC(=O)CC1c2ccccc2Oc2ccccc21.O=C(O)CCC(=O)O. The predicted octanol–water partition coefficient (Wildman–Crippen LogP) is 9.87. The number of unbranched alkanes of at least 4 members (excludes halogenated alkanes) is 2. The molecule has 3 aromatic rings. The van der Waals surface area contributed by atoms with Crippen LogP contribution < -0.4 is 10.1 Å². The standard InChI is InChI=1S/C36H45NO2.C4H6O4/c1-36(2,3)31-23-22-27(17-9-5-8-16-26-14-6-4-7-15-26)24-32(31)37-35(38)25-30-28-18-10-12-20-33(28)39-34-21-13-11-19-29(30)34;5-3(6)1-2-4(7)8/h10-13,18-24,26,30H,4-9,14-17,25H2,1-3H3,(H,37,38);1-2H2,(H,5,6)(H,7,8). The molecule has 5 rings (SSSR count). The van der Waals surface area contributed by atoms with Crippen LogP contribution in [-0.2, 0) is 26.2 Å². The summed E-state index contributed by atoms with van der Waals surface area (Å²) in [7, 11) is 0. The maximum atomic E-state index is 13.6. The van der Waals surface area contributed by atoms with Gasteiger partial charge < -0.3 is 20.3 Å². The Morgan fingerprint density at radius 1 is 0.787 bits per heavy atom. The van der Waals surface area contributed by atoms with Crippen LogP contribution in [0.1, 0.15) is 126 Å². The second-order valence-electron chi connectivity index (χ2n) is 14.0. The molecule has 0 aromatic heterocycles. The number of hydrogen-bond donors (Lipinski definition) is 3. The van der Waals surface area contributed by atoms with Gasteiger partial charge in [0.2, 0.25) is 5.91 Å². The van der Waals surface area contributed by atoms with E-state index in [1.54, 1.807) is 0 Å². The number of carboxylic acids is 2. The van der Waals surface area contributed by atoms with Crippen LogP contribution >= 0.6 is 0 Å². The Bertz CT molecular complexity index is 1440. The Morgan fingerprint density at radius 3 is 1.96 bits per heavy atom. The molecule has 3 aromatic carbocycles. The van der Waals surface area contributed by atoms with Crippen molar-refractivity contribution in [3.8, 4) is 11.5 Å². The van der Waals surface area contributed by atoms with Crippen LogP contribution in [0.2, 0.25) is 0 Å². The molecule has 1 fully saturated rings. The second kappa shape index (κ2) is 17.1. The number of carbonyl (C=O) groups excluding carboxylic acids is 1. The minimum atomic E-state index is -1.08. The highest BCUT2D eigenvalue weighted by molar-refractivity contribution is 5.93. The van der Waals surface area contributed by atoms with E-state index in [1.165, 1.54) is 68.9 Å². The molecule has 47 heavy (non-hydrogen) atoms. The second-order valence-corrected chi connectivity index (χ2v) is 14.0. The topological polar surface area (TPSA) is 113 Å². The van der Waals surface area contributed by atoms with Crippen molar-refractivity contribution in [3.63, 3.8) is 0 Å². The van der Waals surface area contributed by atoms with Crippen LogP contribution in [0.4, 0.5) is 5.69 Å². The van der Waals surface area contributed by atoms with Gasteiger partial charge in [-0.1, -0.05) is 121 Å². The van der Waals surface area contributed by atoms with Gasteiger partial charge >= 0.3 is 11.9 Å². The third-order valence-corrected chi connectivity index (χ3v) is 9.22. The average Bonchev–Trinajstić information content (AvgIpc) is 3.04. The van der Waals surface area contributed by atoms with Gasteiger partial charge in [-0.15, -0.1) is 0 Å². The monoisotopic (exact) mass is 641 g/mol. The molecule has 0 atom stereocenters. The quantitative estimate of drug-likeness (QED) is 0.170. The Balaban J connectivity index is 0.000000555. The highest BCUT2D eigenvalue weighted by Crippen LogP contribution is 2.45. The molecule has 1 saturated carbocycles. The first-order valence-corrected chi connectivity index (χ1v) is 17.2. The summed E-state index contributed by atoms with van der Waals surface area (Å²) in [4.78, 5) is 32.9. The number of carbonyl (C=O) groups is 3. The summed E-state index contributed by atoms with van der Waals surface area (Å²) < 4.78 is 6.14. The number of anilines is 1. The number of amides is 1. The zero-order chi connectivity index (χ0) is 33.8. The van der Waals surface area contributed by atoms with Crippen molar-refractivity contribution < 1.29 is 29.3 Å². The van der Waals surface area contributed by atoms with Crippen LogP contribution in [0.5, 0.6) is 11.5 Å². The van der Waals surface area contributed by atoms with E-state index < -0.39 is 11.9 Å². The van der Waals surface area contributed by atoms with E-state index in [0.717, 1.165) is 40.7 Å². The van der Waals surface area contributed by atoms with E-state index in [4.69, 9.17) is 14.9 Å². The molecule has 252 valence electrons. The molecule has 0 spiro atoms. The number of aryl methyl sites for hydroxylation is 1. The lowest BCUT2D eigenvalue weighted by Gasteiger charge is -2.28. The van der Waals surface area contributed by atoms with Crippen molar-refractivity contribution in [2.75, 3.05) is 5.32 Å². The Hall–Kier alpha value is -4.13. The van der Waals surface area contributed by atoms with Crippen LogP contribution in [0.3, 0.4) is 0 Å². The van der Waals surface area contributed by atoms with Crippen molar-refractivity contribution in [2.45, 2.75) is 116 Å².